The molecule has 2 aromatic rings. The van der Waals surface area contributed by atoms with E-state index in [1.54, 1.807) is 0 Å². The van der Waals surface area contributed by atoms with Gasteiger partial charge < -0.3 is 19.5 Å². The summed E-state index contributed by atoms with van der Waals surface area (Å²) in [6.07, 6.45) is -2.55. The molecule has 0 saturated carbocycles. The van der Waals surface area contributed by atoms with Gasteiger partial charge in [0.1, 0.15) is 17.4 Å². The van der Waals surface area contributed by atoms with E-state index in [1.807, 2.05) is 0 Å². The molecule has 1 aliphatic rings. The Hall–Kier alpha value is -3.10. The zero-order chi connectivity index (χ0) is 17.4. The summed E-state index contributed by atoms with van der Waals surface area (Å²) in [7, 11) is 0. The van der Waals surface area contributed by atoms with Gasteiger partial charge in [-0.2, -0.15) is 0 Å². The summed E-state index contributed by atoms with van der Waals surface area (Å²) in [5.74, 6) is -1.30. The standard InChI is InChI=1S/C15H13FN2O6/c16-9-1-2-11-8(5-9)6-12(24-11)13(19)10-7-17(14(20)21)3-4-18(10)15(22)23/h1-2,5-6,10H,3-4,7H2,(H,20,21)(H,22,23). The van der Waals surface area contributed by atoms with Crippen LogP contribution in [0.2, 0.25) is 0 Å². The van der Waals surface area contributed by atoms with Crippen molar-refractivity contribution in [2.45, 2.75) is 6.04 Å². The van der Waals surface area contributed by atoms with Crippen molar-refractivity contribution in [1.82, 2.24) is 9.80 Å². The molecule has 1 saturated heterocycles. The molecule has 1 aromatic carbocycles. The van der Waals surface area contributed by atoms with Crippen molar-refractivity contribution >= 4 is 28.9 Å². The maximum atomic E-state index is 13.2. The molecule has 2 heterocycles. The number of hydrogen-bond donors (Lipinski definition) is 2. The number of hydrogen-bond acceptors (Lipinski definition) is 4. The maximum Gasteiger partial charge on any atom is 0.408 e. The number of amides is 2. The predicted molar refractivity (Wildman–Crippen MR) is 78.6 cm³/mol. The molecular weight excluding hydrogens is 323 g/mol. The summed E-state index contributed by atoms with van der Waals surface area (Å²) in [4.78, 5) is 36.9. The minimum atomic E-state index is -1.32. The van der Waals surface area contributed by atoms with E-state index >= 15 is 0 Å². The van der Waals surface area contributed by atoms with Gasteiger partial charge in [-0.05, 0) is 24.3 Å². The molecule has 1 aliphatic heterocycles. The van der Waals surface area contributed by atoms with Crippen LogP contribution in [-0.2, 0) is 0 Å². The first-order valence-electron chi connectivity index (χ1n) is 7.07. The Morgan fingerprint density at radius 3 is 2.54 bits per heavy atom. The van der Waals surface area contributed by atoms with Gasteiger partial charge in [-0.3, -0.25) is 9.69 Å². The quantitative estimate of drug-likeness (QED) is 0.812. The molecule has 0 aliphatic carbocycles. The average Bonchev–Trinajstić information content (AvgIpc) is 2.96. The van der Waals surface area contributed by atoms with E-state index in [-0.39, 0.29) is 31.0 Å². The fraction of sp³-hybridized carbons (Fsp3) is 0.267. The van der Waals surface area contributed by atoms with Crippen LogP contribution in [0.3, 0.4) is 0 Å². The van der Waals surface area contributed by atoms with Gasteiger partial charge in [0.05, 0.1) is 6.54 Å². The molecule has 1 atom stereocenters. The van der Waals surface area contributed by atoms with Crippen molar-refractivity contribution in [2.24, 2.45) is 0 Å². The number of furan rings is 1. The lowest BCUT2D eigenvalue weighted by atomic mass is 10.1. The molecule has 8 nitrogen and oxygen atoms in total. The van der Waals surface area contributed by atoms with E-state index in [0.29, 0.717) is 5.39 Å². The molecule has 0 bridgehead atoms. The van der Waals surface area contributed by atoms with Gasteiger partial charge in [0.25, 0.3) is 0 Å². The normalized spacial score (nSPS) is 18.0. The highest BCUT2D eigenvalue weighted by Gasteiger charge is 2.38. The first kappa shape index (κ1) is 15.8. The Labute approximate surface area is 134 Å². The third-order valence-corrected chi connectivity index (χ3v) is 3.92. The summed E-state index contributed by atoms with van der Waals surface area (Å²) >= 11 is 0. The Kier molecular flexibility index (Phi) is 3.84. The lowest BCUT2D eigenvalue weighted by molar-refractivity contribution is 0.0509. The molecule has 9 heteroatoms. The number of benzene rings is 1. The number of Topliss-reactive ketones (excluding diaryl/α,β-unsaturated/α-hetero) is 1. The van der Waals surface area contributed by atoms with E-state index in [2.05, 4.69) is 0 Å². The van der Waals surface area contributed by atoms with E-state index in [9.17, 15) is 23.9 Å². The van der Waals surface area contributed by atoms with Crippen molar-refractivity contribution in [3.05, 3.63) is 35.8 Å². The van der Waals surface area contributed by atoms with Crippen LogP contribution in [0.15, 0.2) is 28.7 Å². The molecular formula is C15H13FN2O6. The lowest BCUT2D eigenvalue weighted by Crippen LogP contribution is -2.58. The fourth-order valence-electron chi connectivity index (χ4n) is 2.71. The number of nitrogens with zero attached hydrogens (tertiary/aromatic N) is 2. The van der Waals surface area contributed by atoms with E-state index < -0.39 is 29.8 Å². The minimum Gasteiger partial charge on any atom is -0.465 e. The van der Waals surface area contributed by atoms with Gasteiger partial charge in [0.15, 0.2) is 5.76 Å². The van der Waals surface area contributed by atoms with E-state index in [4.69, 9.17) is 9.52 Å². The third-order valence-electron chi connectivity index (χ3n) is 3.92. The predicted octanol–water partition coefficient (Wildman–Crippen LogP) is 2.10. The maximum absolute atomic E-state index is 13.2. The van der Waals surface area contributed by atoms with Crippen molar-refractivity contribution in [1.29, 1.82) is 0 Å². The monoisotopic (exact) mass is 336 g/mol. The van der Waals surface area contributed by atoms with Crippen LogP contribution in [0, 0.1) is 5.82 Å². The number of carboxylic acid groups (broad SMARTS) is 2. The van der Waals surface area contributed by atoms with E-state index in [1.165, 1.54) is 24.3 Å². The second kappa shape index (κ2) is 5.84. The second-order valence-electron chi connectivity index (χ2n) is 5.38. The van der Waals surface area contributed by atoms with Crippen molar-refractivity contribution in [3.8, 4) is 0 Å². The van der Waals surface area contributed by atoms with Crippen molar-refractivity contribution in [3.63, 3.8) is 0 Å². The second-order valence-corrected chi connectivity index (χ2v) is 5.38. The summed E-state index contributed by atoms with van der Waals surface area (Å²) in [5.41, 5.74) is 0.285. The van der Waals surface area contributed by atoms with Gasteiger partial charge in [-0.1, -0.05) is 0 Å². The van der Waals surface area contributed by atoms with Crippen molar-refractivity contribution < 1.29 is 33.4 Å². The van der Waals surface area contributed by atoms with Gasteiger partial charge in [0, 0.05) is 18.5 Å². The number of carbonyl (C=O) groups is 3. The number of halogens is 1. The van der Waals surface area contributed by atoms with E-state index in [0.717, 1.165) is 9.80 Å². The molecule has 1 aromatic heterocycles. The third kappa shape index (κ3) is 2.75. The minimum absolute atomic E-state index is 0.0171. The first-order valence-corrected chi connectivity index (χ1v) is 7.07. The summed E-state index contributed by atoms with van der Waals surface area (Å²) in [6, 6.07) is 3.84. The Bertz CT molecular complexity index is 832. The largest absolute Gasteiger partial charge is 0.465 e. The molecule has 0 radical (unpaired) electrons. The zero-order valence-corrected chi connectivity index (χ0v) is 12.3. The van der Waals surface area contributed by atoms with Crippen LogP contribution < -0.4 is 0 Å². The number of ketones is 1. The summed E-state index contributed by atoms with van der Waals surface area (Å²) in [6.45, 7) is -0.421. The molecule has 2 amide bonds. The number of fused-ring (bicyclic) bond motifs is 1. The topological polar surface area (TPSA) is 111 Å². The molecule has 2 N–H and O–H groups in total. The van der Waals surface area contributed by atoms with Crippen molar-refractivity contribution in [2.75, 3.05) is 19.6 Å². The van der Waals surface area contributed by atoms with Crippen LogP contribution >= 0.6 is 0 Å². The van der Waals surface area contributed by atoms with Crippen LogP contribution in [0.4, 0.5) is 14.0 Å². The van der Waals surface area contributed by atoms with Gasteiger partial charge in [0.2, 0.25) is 5.78 Å². The smallest absolute Gasteiger partial charge is 0.408 e. The van der Waals surface area contributed by atoms with Crippen LogP contribution in [0.5, 0.6) is 0 Å². The highest BCUT2D eigenvalue weighted by atomic mass is 19.1. The molecule has 126 valence electrons. The van der Waals surface area contributed by atoms with Crippen LogP contribution in [0.1, 0.15) is 10.6 Å². The molecule has 0 spiro atoms. The highest BCUT2D eigenvalue weighted by Crippen LogP contribution is 2.23. The lowest BCUT2D eigenvalue weighted by Gasteiger charge is -2.37. The number of piperazine rings is 1. The molecule has 24 heavy (non-hydrogen) atoms. The SMILES string of the molecule is O=C(c1cc2cc(F)ccc2o1)C1CN(C(=O)O)CCN1C(=O)O. The Balaban J connectivity index is 1.93. The summed E-state index contributed by atoms with van der Waals surface area (Å²) < 4.78 is 18.6. The Morgan fingerprint density at radius 1 is 1.12 bits per heavy atom. The highest BCUT2D eigenvalue weighted by molar-refractivity contribution is 6.02. The zero-order valence-electron chi connectivity index (χ0n) is 12.3. The molecule has 3 rings (SSSR count). The molecule has 1 fully saturated rings. The average molecular weight is 336 g/mol. The van der Waals surface area contributed by atoms with Crippen LogP contribution in [0.25, 0.3) is 11.0 Å². The first-order chi connectivity index (χ1) is 11.4. The Morgan fingerprint density at radius 2 is 1.88 bits per heavy atom. The molecule has 1 unspecified atom stereocenters. The van der Waals surface area contributed by atoms with Gasteiger partial charge >= 0.3 is 12.2 Å². The van der Waals surface area contributed by atoms with Gasteiger partial charge in [-0.25, -0.2) is 14.0 Å². The summed E-state index contributed by atoms with van der Waals surface area (Å²) in [5, 5.41) is 18.7. The van der Waals surface area contributed by atoms with Crippen LogP contribution in [-0.4, -0.2) is 63.7 Å². The number of carbonyl (C=O) groups excluding carboxylic acids is 1. The van der Waals surface area contributed by atoms with Gasteiger partial charge in [-0.15, -0.1) is 0 Å². The fourth-order valence-corrected chi connectivity index (χ4v) is 2.71. The number of rotatable bonds is 2.